The molecule has 2 N–H and O–H groups in total. The molecule has 2 aromatic rings. The molecule has 8 nitrogen and oxygen atoms in total. The maximum Gasteiger partial charge on any atom is 0.293 e. The van der Waals surface area contributed by atoms with Gasteiger partial charge in [0.2, 0.25) is 5.91 Å². The van der Waals surface area contributed by atoms with E-state index in [9.17, 15) is 19.7 Å². The van der Waals surface area contributed by atoms with Crippen LogP contribution in [0.1, 0.15) is 53.9 Å². The molecule has 0 spiro atoms. The van der Waals surface area contributed by atoms with Crippen molar-refractivity contribution in [3.8, 4) is 0 Å². The van der Waals surface area contributed by atoms with Gasteiger partial charge < -0.3 is 10.6 Å². The molecular weight excluding hydrogens is 360 g/mol. The lowest BCUT2D eigenvalue weighted by Gasteiger charge is -2.26. The van der Waals surface area contributed by atoms with E-state index in [2.05, 4.69) is 15.6 Å². The average Bonchev–Trinajstić information content (AvgIpc) is 3.03. The lowest BCUT2D eigenvalue weighted by molar-refractivity contribution is -0.384. The Morgan fingerprint density at radius 1 is 1.18 bits per heavy atom. The number of hydrogen-bond acceptors (Lipinski definition) is 5. The molecule has 1 atom stereocenters. The molecule has 1 saturated carbocycles. The van der Waals surface area contributed by atoms with Crippen LogP contribution in [-0.2, 0) is 4.79 Å². The van der Waals surface area contributed by atoms with Gasteiger partial charge in [0.25, 0.3) is 11.6 Å². The molecular formula is C20H20N4O4. The van der Waals surface area contributed by atoms with Crippen LogP contribution in [-0.4, -0.2) is 21.7 Å². The van der Waals surface area contributed by atoms with Crippen LogP contribution < -0.4 is 10.6 Å². The normalized spacial score (nSPS) is 19.0. The topological polar surface area (TPSA) is 114 Å². The third-order valence-corrected chi connectivity index (χ3v) is 5.55. The van der Waals surface area contributed by atoms with Crippen LogP contribution in [0.4, 0.5) is 17.1 Å². The molecule has 2 aliphatic rings. The lowest BCUT2D eigenvalue weighted by Crippen LogP contribution is -2.22. The largest absolute Gasteiger partial charge is 0.325 e. The summed E-state index contributed by atoms with van der Waals surface area (Å²) in [6, 6.07) is 5.98. The van der Waals surface area contributed by atoms with E-state index in [1.54, 1.807) is 0 Å². The Hall–Kier alpha value is -3.29. The molecule has 28 heavy (non-hydrogen) atoms. The summed E-state index contributed by atoms with van der Waals surface area (Å²) < 4.78 is 0. The Balaban J connectivity index is 1.68. The minimum atomic E-state index is -0.525. The molecule has 144 valence electrons. The SMILES string of the molecule is O=C(Nc1cc2c(cc1[N+](=O)[O-])C(C1CCCCC1)C(=O)N2)c1ccncc1. The third kappa shape index (κ3) is 3.33. The minimum absolute atomic E-state index is 0.0650. The van der Waals surface area contributed by atoms with Crippen molar-refractivity contribution in [3.05, 3.63) is 57.9 Å². The number of aromatic nitrogens is 1. The second-order valence-corrected chi connectivity index (χ2v) is 7.27. The van der Waals surface area contributed by atoms with E-state index in [4.69, 9.17) is 0 Å². The smallest absolute Gasteiger partial charge is 0.293 e. The van der Waals surface area contributed by atoms with Crippen molar-refractivity contribution in [2.45, 2.75) is 38.0 Å². The van der Waals surface area contributed by atoms with E-state index >= 15 is 0 Å². The van der Waals surface area contributed by atoms with Gasteiger partial charge in [0.1, 0.15) is 5.69 Å². The average molecular weight is 380 g/mol. The first kappa shape index (κ1) is 18.1. The van der Waals surface area contributed by atoms with Crippen LogP contribution in [0.3, 0.4) is 0 Å². The number of nitrogens with zero attached hydrogens (tertiary/aromatic N) is 2. The summed E-state index contributed by atoms with van der Waals surface area (Å²) in [7, 11) is 0. The molecule has 1 aromatic heterocycles. The Morgan fingerprint density at radius 2 is 1.89 bits per heavy atom. The van der Waals surface area contributed by atoms with Crippen LogP contribution in [0.15, 0.2) is 36.7 Å². The second kappa shape index (κ2) is 7.38. The van der Waals surface area contributed by atoms with Crippen LogP contribution in [0.5, 0.6) is 0 Å². The summed E-state index contributed by atoms with van der Waals surface area (Å²) in [5.41, 5.74) is 1.39. The first-order valence-corrected chi connectivity index (χ1v) is 9.39. The molecule has 4 rings (SSSR count). The molecule has 8 heteroatoms. The number of carbonyl (C=O) groups is 2. The summed E-state index contributed by atoms with van der Waals surface area (Å²) in [6.45, 7) is 0. The van der Waals surface area contributed by atoms with E-state index in [0.717, 1.165) is 32.1 Å². The van der Waals surface area contributed by atoms with Gasteiger partial charge in [0.05, 0.1) is 10.8 Å². The van der Waals surface area contributed by atoms with Crippen molar-refractivity contribution >= 4 is 28.9 Å². The molecule has 2 heterocycles. The standard InChI is InChI=1S/C20H20N4O4/c25-19(13-6-8-21-9-7-13)23-16-11-15-14(10-17(16)24(27)28)18(20(26)22-15)12-4-2-1-3-5-12/h6-12,18H,1-5H2,(H,22,26)(H,23,25). The number of carbonyl (C=O) groups excluding carboxylic acids is 2. The maximum atomic E-state index is 12.6. The molecule has 0 radical (unpaired) electrons. The first-order chi connectivity index (χ1) is 13.5. The van der Waals surface area contributed by atoms with Crippen molar-refractivity contribution in [1.82, 2.24) is 4.98 Å². The summed E-state index contributed by atoms with van der Waals surface area (Å²) >= 11 is 0. The number of rotatable bonds is 4. The molecule has 0 bridgehead atoms. The number of benzene rings is 1. The van der Waals surface area contributed by atoms with E-state index in [1.807, 2.05) is 0 Å². The number of fused-ring (bicyclic) bond motifs is 1. The zero-order valence-electron chi connectivity index (χ0n) is 15.2. The summed E-state index contributed by atoms with van der Waals surface area (Å²) in [6.07, 6.45) is 8.16. The fraction of sp³-hybridized carbons (Fsp3) is 0.350. The lowest BCUT2D eigenvalue weighted by atomic mass is 9.77. The number of nitro benzene ring substituents is 1. The van der Waals surface area contributed by atoms with Gasteiger partial charge in [-0.05, 0) is 42.5 Å². The maximum absolute atomic E-state index is 12.6. The predicted octanol–water partition coefficient (Wildman–Crippen LogP) is 3.86. The fourth-order valence-corrected chi connectivity index (χ4v) is 4.21. The molecule has 2 amide bonds. The van der Waals surface area contributed by atoms with Crippen LogP contribution >= 0.6 is 0 Å². The van der Waals surface area contributed by atoms with Crippen LogP contribution in [0.25, 0.3) is 0 Å². The van der Waals surface area contributed by atoms with Crippen molar-refractivity contribution in [2.75, 3.05) is 10.6 Å². The Kier molecular flexibility index (Phi) is 4.77. The van der Waals surface area contributed by atoms with Crippen molar-refractivity contribution in [2.24, 2.45) is 5.92 Å². The number of pyridine rings is 1. The second-order valence-electron chi connectivity index (χ2n) is 7.27. The number of hydrogen-bond donors (Lipinski definition) is 2. The van der Waals surface area contributed by atoms with Crippen molar-refractivity contribution < 1.29 is 14.5 Å². The van der Waals surface area contributed by atoms with Gasteiger partial charge in [-0.15, -0.1) is 0 Å². The Labute approximate surface area is 161 Å². The van der Waals surface area contributed by atoms with Gasteiger partial charge in [-0.3, -0.25) is 24.7 Å². The molecule has 1 aliphatic carbocycles. The van der Waals surface area contributed by atoms with E-state index in [0.29, 0.717) is 16.8 Å². The zero-order chi connectivity index (χ0) is 19.7. The van der Waals surface area contributed by atoms with Gasteiger partial charge in [-0.25, -0.2) is 0 Å². The zero-order valence-corrected chi connectivity index (χ0v) is 15.2. The van der Waals surface area contributed by atoms with Crippen LogP contribution in [0, 0.1) is 16.0 Å². The van der Waals surface area contributed by atoms with Gasteiger partial charge in [0.15, 0.2) is 0 Å². The highest BCUT2D eigenvalue weighted by Crippen LogP contribution is 2.46. The summed E-state index contributed by atoms with van der Waals surface area (Å²) in [5.74, 6) is -0.752. The van der Waals surface area contributed by atoms with Gasteiger partial charge in [-0.2, -0.15) is 0 Å². The summed E-state index contributed by atoms with van der Waals surface area (Å²) in [4.78, 5) is 40.0. The molecule has 0 saturated heterocycles. The van der Waals surface area contributed by atoms with Gasteiger partial charge >= 0.3 is 0 Å². The molecule has 1 unspecified atom stereocenters. The minimum Gasteiger partial charge on any atom is -0.325 e. The number of amides is 2. The van der Waals surface area contributed by atoms with Gasteiger partial charge in [0, 0.05) is 29.7 Å². The quantitative estimate of drug-likeness (QED) is 0.617. The summed E-state index contributed by atoms with van der Waals surface area (Å²) in [5, 5.41) is 17.1. The fourth-order valence-electron chi connectivity index (χ4n) is 4.21. The highest BCUT2D eigenvalue weighted by Gasteiger charge is 2.39. The molecule has 1 fully saturated rings. The predicted molar refractivity (Wildman–Crippen MR) is 103 cm³/mol. The molecule has 1 aliphatic heterocycles. The highest BCUT2D eigenvalue weighted by molar-refractivity contribution is 6.08. The number of nitrogens with one attached hydrogen (secondary N) is 2. The Bertz CT molecular complexity index is 939. The monoisotopic (exact) mass is 380 g/mol. The number of nitro groups is 1. The van der Waals surface area contributed by atoms with E-state index in [1.165, 1.54) is 36.7 Å². The van der Waals surface area contributed by atoms with E-state index in [-0.39, 0.29) is 29.1 Å². The van der Waals surface area contributed by atoms with Gasteiger partial charge in [-0.1, -0.05) is 19.3 Å². The first-order valence-electron chi connectivity index (χ1n) is 9.39. The number of anilines is 2. The van der Waals surface area contributed by atoms with Crippen LogP contribution in [0.2, 0.25) is 0 Å². The third-order valence-electron chi connectivity index (χ3n) is 5.55. The Morgan fingerprint density at radius 3 is 2.57 bits per heavy atom. The van der Waals surface area contributed by atoms with Crippen molar-refractivity contribution in [3.63, 3.8) is 0 Å². The highest BCUT2D eigenvalue weighted by atomic mass is 16.6. The molecule has 1 aromatic carbocycles. The van der Waals surface area contributed by atoms with E-state index < -0.39 is 10.8 Å². The van der Waals surface area contributed by atoms with Crippen molar-refractivity contribution in [1.29, 1.82) is 0 Å².